The third kappa shape index (κ3) is 43.4. The molecular formula is C40H85Al2Cl. The van der Waals surface area contributed by atoms with Gasteiger partial charge in [-0.25, -0.2) is 0 Å². The fourth-order valence-corrected chi connectivity index (χ4v) is 10.5. The molecule has 0 unspecified atom stereocenters. The Balaban J connectivity index is 0. The van der Waals surface area contributed by atoms with Gasteiger partial charge in [0.15, 0.2) is 0 Å². The minimum absolute atomic E-state index is 0.468. The average molecular weight is 656 g/mol. The Labute approximate surface area is 289 Å². The first-order valence-corrected chi connectivity index (χ1v) is 26.6. The molecule has 0 rings (SSSR count). The lowest BCUT2D eigenvalue weighted by molar-refractivity contribution is 0.557. The van der Waals surface area contributed by atoms with Gasteiger partial charge in [-0.3, -0.25) is 10.0 Å². The first-order valence-electron chi connectivity index (χ1n) is 20.8. The van der Waals surface area contributed by atoms with Crippen LogP contribution in [-0.2, 0) is 0 Å². The van der Waals surface area contributed by atoms with Crippen molar-refractivity contribution in [3.8, 4) is 0 Å². The molecule has 0 saturated carbocycles. The summed E-state index contributed by atoms with van der Waals surface area (Å²) >= 11 is -1.16. The highest BCUT2D eigenvalue weighted by atomic mass is 35.6. The van der Waals surface area contributed by atoms with Crippen LogP contribution in [0.4, 0.5) is 0 Å². The summed E-state index contributed by atoms with van der Waals surface area (Å²) < 4.78 is 0. The van der Waals surface area contributed by atoms with Gasteiger partial charge in [-0.2, -0.15) is 0 Å². The molecule has 0 aliphatic rings. The number of unbranched alkanes of at least 4 members (excludes halogenated alkanes) is 27. The molecular weight excluding hydrogens is 570 g/mol. The summed E-state index contributed by atoms with van der Waals surface area (Å²) in [4.78, 5) is 0. The molecule has 258 valence electrons. The number of hydrogen-bond acceptors (Lipinski definition) is 0. The molecule has 0 radical (unpaired) electrons. The minimum atomic E-state index is -0.688. The Morgan fingerprint density at radius 3 is 0.628 bits per heavy atom. The Bertz CT molecular complexity index is 397. The average Bonchev–Trinajstić information content (AvgIpc) is 3.03. The lowest BCUT2D eigenvalue weighted by Gasteiger charge is -2.12. The Kier molecular flexibility index (Phi) is 46.9. The SMILES string of the molecule is CCCCCCCCCCC[CH2][Al]([CH2]CCCCCCCCCCC)[CH2]CCCCCCCCCCC.C[CH2][Al]([Cl])[CH2]C. The maximum absolute atomic E-state index is 5.79. The maximum Gasteiger partial charge on any atom is 0.399 e. The Morgan fingerprint density at radius 2 is 0.465 bits per heavy atom. The molecule has 0 N–H and O–H groups in total. The molecule has 0 heterocycles. The summed E-state index contributed by atoms with van der Waals surface area (Å²) in [6, 6.07) is 0. The lowest BCUT2D eigenvalue weighted by Crippen LogP contribution is -2.12. The van der Waals surface area contributed by atoms with Crippen LogP contribution >= 0.6 is 10.0 Å². The van der Waals surface area contributed by atoms with E-state index in [1.807, 2.05) is 0 Å². The van der Waals surface area contributed by atoms with Gasteiger partial charge in [0.05, 0.1) is 0 Å². The van der Waals surface area contributed by atoms with Crippen molar-refractivity contribution in [2.75, 3.05) is 0 Å². The van der Waals surface area contributed by atoms with Crippen molar-refractivity contribution < 1.29 is 0 Å². The summed E-state index contributed by atoms with van der Waals surface area (Å²) in [6.07, 6.45) is 44.8. The normalized spacial score (nSPS) is 11.0. The van der Waals surface area contributed by atoms with Crippen LogP contribution in [0.2, 0.25) is 26.4 Å². The summed E-state index contributed by atoms with van der Waals surface area (Å²) in [7, 11) is 5.79. The standard InChI is InChI=1S/3C12H25.2C2H5.2Al.ClH/c3*1-3-5-7-9-11-12-10-8-6-4-2;2*1-2;;;/h3*1,3-12H2,2H3;2*1H2,2H3;;;1H/q;;;;;;+1;/p-1. The highest BCUT2D eigenvalue weighted by molar-refractivity contribution is 7.06. The zero-order valence-electron chi connectivity index (χ0n) is 31.3. The highest BCUT2D eigenvalue weighted by Crippen LogP contribution is 2.21. The molecule has 0 aromatic heterocycles. The smallest absolute Gasteiger partial charge is 0.261 e. The zero-order chi connectivity index (χ0) is 31.9. The van der Waals surface area contributed by atoms with Crippen molar-refractivity contribution in [1.29, 1.82) is 0 Å². The number of hydrogen-bond donors (Lipinski definition) is 0. The minimum Gasteiger partial charge on any atom is -0.261 e. The topological polar surface area (TPSA) is 0 Å². The van der Waals surface area contributed by atoms with Crippen LogP contribution in [-0.4, -0.2) is 27.4 Å². The maximum atomic E-state index is 5.79. The van der Waals surface area contributed by atoms with Gasteiger partial charge in [0.1, 0.15) is 0 Å². The fourth-order valence-electron chi connectivity index (χ4n) is 6.48. The Hall–Kier alpha value is 1.35. The molecule has 0 aromatic carbocycles. The van der Waals surface area contributed by atoms with Crippen LogP contribution in [0.15, 0.2) is 0 Å². The molecule has 0 aromatic rings. The van der Waals surface area contributed by atoms with Crippen molar-refractivity contribution in [2.45, 2.75) is 254 Å². The van der Waals surface area contributed by atoms with Gasteiger partial charge < -0.3 is 0 Å². The van der Waals surface area contributed by atoms with Crippen LogP contribution in [0.25, 0.3) is 0 Å². The molecule has 0 fully saturated rings. The first kappa shape index (κ1) is 46.5. The van der Waals surface area contributed by atoms with E-state index >= 15 is 0 Å². The van der Waals surface area contributed by atoms with Gasteiger partial charge in [-0.15, -0.1) is 0 Å². The van der Waals surface area contributed by atoms with E-state index in [1.54, 1.807) is 35.1 Å². The number of halogens is 1. The molecule has 0 atom stereocenters. The monoisotopic (exact) mass is 655 g/mol. The van der Waals surface area contributed by atoms with Crippen LogP contribution < -0.4 is 0 Å². The molecule has 0 aliphatic heterocycles. The first-order chi connectivity index (χ1) is 21.2. The molecule has 43 heavy (non-hydrogen) atoms. The van der Waals surface area contributed by atoms with Gasteiger partial charge in [0.2, 0.25) is 0 Å². The largest absolute Gasteiger partial charge is 0.399 e. The zero-order valence-corrected chi connectivity index (χ0v) is 34.3. The molecule has 0 bridgehead atoms. The van der Waals surface area contributed by atoms with Gasteiger partial charge in [-0.1, -0.05) is 254 Å². The van der Waals surface area contributed by atoms with Crippen molar-refractivity contribution in [3.05, 3.63) is 0 Å². The van der Waals surface area contributed by atoms with E-state index in [1.165, 1.54) is 184 Å². The second kappa shape index (κ2) is 43.4. The van der Waals surface area contributed by atoms with E-state index in [9.17, 15) is 0 Å². The van der Waals surface area contributed by atoms with E-state index in [2.05, 4.69) is 34.6 Å². The molecule has 3 heteroatoms. The van der Waals surface area contributed by atoms with Crippen LogP contribution in [0.3, 0.4) is 0 Å². The van der Waals surface area contributed by atoms with Gasteiger partial charge >= 0.3 is 13.2 Å². The Morgan fingerprint density at radius 1 is 0.279 bits per heavy atom. The van der Waals surface area contributed by atoms with Crippen molar-refractivity contribution in [3.63, 3.8) is 0 Å². The summed E-state index contributed by atoms with van der Waals surface area (Å²) in [5.74, 6) is 0. The molecule has 0 spiro atoms. The summed E-state index contributed by atoms with van der Waals surface area (Å²) in [5.41, 5.74) is 0. The van der Waals surface area contributed by atoms with E-state index in [0.29, 0.717) is 0 Å². The molecule has 0 nitrogen and oxygen atoms in total. The van der Waals surface area contributed by atoms with Crippen LogP contribution in [0.5, 0.6) is 0 Å². The van der Waals surface area contributed by atoms with E-state index in [-0.39, 0.29) is 0 Å². The van der Waals surface area contributed by atoms with Gasteiger partial charge in [0.25, 0.3) is 14.1 Å². The van der Waals surface area contributed by atoms with Crippen LogP contribution in [0.1, 0.15) is 227 Å². The van der Waals surface area contributed by atoms with Crippen LogP contribution in [0, 0.1) is 0 Å². The molecule has 0 amide bonds. The van der Waals surface area contributed by atoms with E-state index < -0.39 is 27.4 Å². The second-order valence-corrected chi connectivity index (χ2v) is 22.3. The summed E-state index contributed by atoms with van der Waals surface area (Å²) in [5, 5.41) is 7.48. The third-order valence-electron chi connectivity index (χ3n) is 9.78. The molecule has 0 saturated heterocycles. The van der Waals surface area contributed by atoms with Crippen molar-refractivity contribution >= 4 is 37.4 Å². The van der Waals surface area contributed by atoms with Gasteiger partial charge in [-0.05, 0) is 0 Å². The van der Waals surface area contributed by atoms with E-state index in [0.717, 1.165) is 0 Å². The summed E-state index contributed by atoms with van der Waals surface area (Å²) in [6.45, 7) is 11.3. The lowest BCUT2D eigenvalue weighted by atomic mass is 10.1. The van der Waals surface area contributed by atoms with Crippen molar-refractivity contribution in [1.82, 2.24) is 0 Å². The number of rotatable bonds is 35. The van der Waals surface area contributed by atoms with E-state index in [4.69, 9.17) is 10.0 Å². The second-order valence-electron chi connectivity index (χ2n) is 14.2. The fraction of sp³-hybridized carbons (Fsp3) is 1.00. The third-order valence-corrected chi connectivity index (χ3v) is 17.1. The predicted octanol–water partition coefficient (Wildman–Crippen LogP) is 16.5. The quantitative estimate of drug-likeness (QED) is 0.0471. The predicted molar refractivity (Wildman–Crippen MR) is 208 cm³/mol. The van der Waals surface area contributed by atoms with Crippen molar-refractivity contribution in [2.24, 2.45) is 0 Å². The molecule has 0 aliphatic carbocycles. The highest BCUT2D eigenvalue weighted by Gasteiger charge is 2.15. The van der Waals surface area contributed by atoms with Gasteiger partial charge in [0, 0.05) is 0 Å².